The molecule has 2 fully saturated rings. The molecular formula is C21H31N7OS. The SMILES string of the molecule is NC(CCCCN1CCC(c2nnnn2-c2ccccc2)CC1)C(=O)N1CCSC1. The minimum atomic E-state index is -0.341. The number of carbonyl (C=O) groups excluding carboxylic acids is 1. The minimum absolute atomic E-state index is 0.122. The second-order valence-electron chi connectivity index (χ2n) is 8.14. The number of hydrogen-bond acceptors (Lipinski definition) is 7. The molecule has 30 heavy (non-hydrogen) atoms. The van der Waals surface area contributed by atoms with E-state index < -0.39 is 0 Å². The van der Waals surface area contributed by atoms with Gasteiger partial charge in [0.25, 0.3) is 0 Å². The Bertz CT molecular complexity index is 801. The molecule has 162 valence electrons. The smallest absolute Gasteiger partial charge is 0.240 e. The third kappa shape index (κ3) is 5.19. The van der Waals surface area contributed by atoms with Crippen LogP contribution < -0.4 is 5.73 Å². The van der Waals surface area contributed by atoms with Crippen LogP contribution in [0.4, 0.5) is 0 Å². The van der Waals surface area contributed by atoms with E-state index in [0.29, 0.717) is 5.92 Å². The minimum Gasteiger partial charge on any atom is -0.331 e. The highest BCUT2D eigenvalue weighted by Crippen LogP contribution is 2.27. The maximum Gasteiger partial charge on any atom is 0.240 e. The van der Waals surface area contributed by atoms with Crippen LogP contribution in [-0.4, -0.2) is 79.8 Å². The van der Waals surface area contributed by atoms with Crippen LogP contribution in [0, 0.1) is 0 Å². The predicted molar refractivity (Wildman–Crippen MR) is 118 cm³/mol. The van der Waals surface area contributed by atoms with Crippen molar-refractivity contribution in [3.05, 3.63) is 36.2 Å². The molecule has 2 N–H and O–H groups in total. The van der Waals surface area contributed by atoms with Gasteiger partial charge in [-0.2, -0.15) is 4.68 Å². The number of tetrazole rings is 1. The molecular weight excluding hydrogens is 398 g/mol. The topological polar surface area (TPSA) is 93.2 Å². The van der Waals surface area contributed by atoms with E-state index in [1.165, 1.54) is 0 Å². The third-order valence-corrected chi connectivity index (χ3v) is 7.03. The van der Waals surface area contributed by atoms with Gasteiger partial charge in [0.05, 0.1) is 17.6 Å². The number of carbonyl (C=O) groups is 1. The molecule has 2 aromatic rings. The van der Waals surface area contributed by atoms with Crippen molar-refractivity contribution in [1.29, 1.82) is 0 Å². The van der Waals surface area contributed by atoms with Crippen molar-refractivity contribution < 1.29 is 4.79 Å². The van der Waals surface area contributed by atoms with Crippen LogP contribution in [-0.2, 0) is 4.79 Å². The second kappa shape index (κ2) is 10.4. The largest absolute Gasteiger partial charge is 0.331 e. The lowest BCUT2D eigenvalue weighted by molar-refractivity contribution is -0.131. The number of unbranched alkanes of at least 4 members (excludes halogenated alkanes) is 1. The highest BCUT2D eigenvalue weighted by Gasteiger charge is 2.26. The number of nitrogens with zero attached hydrogens (tertiary/aromatic N) is 6. The van der Waals surface area contributed by atoms with Gasteiger partial charge in [0.2, 0.25) is 5.91 Å². The first kappa shape index (κ1) is 21.3. The number of rotatable bonds is 8. The Hall–Kier alpha value is -1.97. The molecule has 2 aliphatic rings. The average Bonchev–Trinajstić information content (AvgIpc) is 3.49. The fourth-order valence-electron chi connectivity index (χ4n) is 4.26. The van der Waals surface area contributed by atoms with Gasteiger partial charge in [0.1, 0.15) is 0 Å². The summed E-state index contributed by atoms with van der Waals surface area (Å²) in [5, 5.41) is 12.4. The van der Waals surface area contributed by atoms with E-state index in [9.17, 15) is 4.79 Å². The number of piperidine rings is 1. The molecule has 0 bridgehead atoms. The van der Waals surface area contributed by atoms with E-state index in [1.54, 1.807) is 11.8 Å². The molecule has 8 nitrogen and oxygen atoms in total. The molecule has 1 amide bonds. The number of para-hydroxylation sites is 1. The van der Waals surface area contributed by atoms with Crippen LogP contribution in [0.15, 0.2) is 30.3 Å². The van der Waals surface area contributed by atoms with Gasteiger partial charge in [-0.15, -0.1) is 16.9 Å². The first-order valence-corrected chi connectivity index (χ1v) is 12.1. The van der Waals surface area contributed by atoms with E-state index in [-0.39, 0.29) is 11.9 Å². The molecule has 1 aromatic carbocycles. The molecule has 4 rings (SSSR count). The van der Waals surface area contributed by atoms with E-state index in [0.717, 1.165) is 81.4 Å². The second-order valence-corrected chi connectivity index (χ2v) is 9.22. The Labute approximate surface area is 182 Å². The summed E-state index contributed by atoms with van der Waals surface area (Å²) in [5.41, 5.74) is 7.13. The lowest BCUT2D eigenvalue weighted by Crippen LogP contribution is -2.42. The average molecular weight is 430 g/mol. The monoisotopic (exact) mass is 429 g/mol. The van der Waals surface area contributed by atoms with Crippen molar-refractivity contribution in [2.45, 2.75) is 44.1 Å². The van der Waals surface area contributed by atoms with E-state index in [2.05, 4.69) is 20.4 Å². The summed E-state index contributed by atoms with van der Waals surface area (Å²) < 4.78 is 1.87. The summed E-state index contributed by atoms with van der Waals surface area (Å²) in [4.78, 5) is 16.7. The Kier molecular flexibility index (Phi) is 7.35. The molecule has 9 heteroatoms. The summed E-state index contributed by atoms with van der Waals surface area (Å²) in [6.45, 7) is 4.03. The summed E-state index contributed by atoms with van der Waals surface area (Å²) in [7, 11) is 0. The maximum absolute atomic E-state index is 12.3. The first-order valence-electron chi connectivity index (χ1n) is 10.9. The van der Waals surface area contributed by atoms with Gasteiger partial charge < -0.3 is 15.5 Å². The number of aromatic nitrogens is 4. The first-order chi connectivity index (χ1) is 14.7. The maximum atomic E-state index is 12.3. The Morgan fingerprint density at radius 1 is 1.17 bits per heavy atom. The predicted octanol–water partition coefficient (Wildman–Crippen LogP) is 1.87. The van der Waals surface area contributed by atoms with Crippen molar-refractivity contribution in [3.8, 4) is 5.69 Å². The zero-order valence-electron chi connectivity index (χ0n) is 17.4. The number of nitrogens with two attached hydrogens (primary N) is 1. The number of likely N-dealkylation sites (tertiary alicyclic amines) is 1. The molecule has 1 aromatic heterocycles. The van der Waals surface area contributed by atoms with Gasteiger partial charge in [-0.3, -0.25) is 4.79 Å². The fraction of sp³-hybridized carbons (Fsp3) is 0.619. The zero-order valence-corrected chi connectivity index (χ0v) is 18.2. The van der Waals surface area contributed by atoms with E-state index >= 15 is 0 Å². The number of thioether (sulfide) groups is 1. The molecule has 0 saturated carbocycles. The van der Waals surface area contributed by atoms with Crippen LogP contribution in [0.2, 0.25) is 0 Å². The van der Waals surface area contributed by atoms with Crippen molar-refractivity contribution in [2.75, 3.05) is 37.8 Å². The Morgan fingerprint density at radius 3 is 2.70 bits per heavy atom. The lowest BCUT2D eigenvalue weighted by atomic mass is 9.95. The highest BCUT2D eigenvalue weighted by molar-refractivity contribution is 7.99. The molecule has 2 aliphatic heterocycles. The van der Waals surface area contributed by atoms with Crippen molar-refractivity contribution in [3.63, 3.8) is 0 Å². The summed E-state index contributed by atoms with van der Waals surface area (Å²) in [6.07, 6.45) is 5.00. The quantitative estimate of drug-likeness (QED) is 0.640. The zero-order chi connectivity index (χ0) is 20.8. The number of hydrogen-bond donors (Lipinski definition) is 1. The van der Waals surface area contributed by atoms with Crippen LogP contribution in [0.3, 0.4) is 0 Å². The molecule has 3 heterocycles. The van der Waals surface area contributed by atoms with Crippen LogP contribution in [0.5, 0.6) is 0 Å². The summed E-state index contributed by atoms with van der Waals surface area (Å²) in [5.74, 6) is 3.31. The van der Waals surface area contributed by atoms with Gasteiger partial charge in [0.15, 0.2) is 5.82 Å². The highest BCUT2D eigenvalue weighted by atomic mass is 32.2. The van der Waals surface area contributed by atoms with Crippen LogP contribution in [0.1, 0.15) is 43.8 Å². The third-order valence-electron chi connectivity index (χ3n) is 6.07. The van der Waals surface area contributed by atoms with Gasteiger partial charge >= 0.3 is 0 Å². The fourth-order valence-corrected chi connectivity index (χ4v) is 5.22. The molecule has 2 saturated heterocycles. The van der Waals surface area contributed by atoms with Crippen molar-refractivity contribution >= 4 is 17.7 Å². The molecule has 1 unspecified atom stereocenters. The molecule has 0 radical (unpaired) electrons. The van der Waals surface area contributed by atoms with Gasteiger partial charge in [0, 0.05) is 18.2 Å². The van der Waals surface area contributed by atoms with Gasteiger partial charge in [-0.05, 0) is 67.9 Å². The van der Waals surface area contributed by atoms with E-state index in [1.807, 2.05) is 39.9 Å². The van der Waals surface area contributed by atoms with Crippen LogP contribution >= 0.6 is 11.8 Å². The van der Waals surface area contributed by atoms with Gasteiger partial charge in [-0.1, -0.05) is 24.6 Å². The Balaban J connectivity index is 1.18. The lowest BCUT2D eigenvalue weighted by Gasteiger charge is -2.31. The number of amides is 1. The normalized spacial score (nSPS) is 19.3. The standard InChI is InChI=1S/C21H31N7OS/c22-19(21(29)27-14-15-30-16-27)8-4-5-11-26-12-9-17(10-13-26)20-23-24-25-28(20)18-6-2-1-3-7-18/h1-3,6-7,17,19H,4-5,8-16,22H2. The van der Waals surface area contributed by atoms with Crippen LogP contribution in [0.25, 0.3) is 5.69 Å². The molecule has 0 spiro atoms. The summed E-state index contributed by atoms with van der Waals surface area (Å²) >= 11 is 1.80. The van der Waals surface area contributed by atoms with E-state index in [4.69, 9.17) is 5.73 Å². The van der Waals surface area contributed by atoms with Crippen molar-refractivity contribution in [2.24, 2.45) is 5.73 Å². The summed E-state index contributed by atoms with van der Waals surface area (Å²) in [6, 6.07) is 9.74. The molecule has 0 aliphatic carbocycles. The Morgan fingerprint density at radius 2 is 1.97 bits per heavy atom. The molecule has 1 atom stereocenters. The van der Waals surface area contributed by atoms with Gasteiger partial charge in [-0.25, -0.2) is 0 Å². The van der Waals surface area contributed by atoms with Crippen molar-refractivity contribution in [1.82, 2.24) is 30.0 Å². The number of benzene rings is 1.